The van der Waals surface area contributed by atoms with Gasteiger partial charge in [0.1, 0.15) is 16.1 Å². The Kier molecular flexibility index (Phi) is 4.19. The summed E-state index contributed by atoms with van der Waals surface area (Å²) < 4.78 is 4.38. The highest BCUT2D eigenvalue weighted by Crippen LogP contribution is 2.42. The van der Waals surface area contributed by atoms with Gasteiger partial charge in [-0.05, 0) is 24.3 Å². The van der Waals surface area contributed by atoms with E-state index in [1.807, 2.05) is 36.4 Å². The summed E-state index contributed by atoms with van der Waals surface area (Å²) >= 11 is 1.56. The van der Waals surface area contributed by atoms with Gasteiger partial charge in [0.2, 0.25) is 0 Å². The van der Waals surface area contributed by atoms with Crippen LogP contribution in [0.4, 0.5) is 0 Å². The monoisotopic (exact) mass is 466 g/mol. The van der Waals surface area contributed by atoms with Gasteiger partial charge in [-0.1, -0.05) is 84.1 Å². The van der Waals surface area contributed by atoms with Crippen molar-refractivity contribution in [3.63, 3.8) is 0 Å². The number of rotatable bonds is 3. The number of thiophene rings is 1. The summed E-state index contributed by atoms with van der Waals surface area (Å²) in [5, 5.41) is 25.0. The lowest BCUT2D eigenvalue weighted by Gasteiger charge is -2.06. The summed E-state index contributed by atoms with van der Waals surface area (Å²) in [5.74, 6) is 0. The highest BCUT2D eigenvalue weighted by Gasteiger charge is 2.24. The third-order valence-corrected chi connectivity index (χ3v) is 7.91. The van der Waals surface area contributed by atoms with Gasteiger partial charge in [-0.25, -0.2) is 0 Å². The first-order valence-corrected chi connectivity index (χ1v) is 12.2. The van der Waals surface area contributed by atoms with Gasteiger partial charge >= 0.3 is 0 Å². The van der Waals surface area contributed by atoms with E-state index < -0.39 is 0 Å². The molecule has 7 rings (SSSR count). The molecule has 0 atom stereocenters. The standard InChI is InChI=1S/C30H18N4S/c31-17-23-24(18-32)30(34-27-15-7-3-11-21(27)22-12-4-8-16-28(22)34)35-29(23)33-25-13-5-1-9-19(25)20-10-2-6-14-26(20)33/h1-17,31H. The number of fused-ring (bicyclic) bond motifs is 6. The Morgan fingerprint density at radius 1 is 0.600 bits per heavy atom. The number of nitrogens with zero attached hydrogens (tertiary/aromatic N) is 3. The fourth-order valence-electron chi connectivity index (χ4n) is 5.27. The summed E-state index contributed by atoms with van der Waals surface area (Å²) in [6.45, 7) is 0. The van der Waals surface area contributed by atoms with Crippen molar-refractivity contribution in [2.75, 3.05) is 0 Å². The molecule has 0 fully saturated rings. The summed E-state index contributed by atoms with van der Waals surface area (Å²) in [4.78, 5) is 0. The predicted molar refractivity (Wildman–Crippen MR) is 146 cm³/mol. The van der Waals surface area contributed by atoms with Gasteiger partial charge in [0, 0.05) is 33.3 Å². The van der Waals surface area contributed by atoms with Crippen LogP contribution in [0.2, 0.25) is 0 Å². The third-order valence-electron chi connectivity index (χ3n) is 6.73. The molecular weight excluding hydrogens is 448 g/mol. The second-order valence-electron chi connectivity index (χ2n) is 8.50. The second kappa shape index (κ2) is 7.42. The molecule has 164 valence electrons. The molecule has 0 radical (unpaired) electrons. The van der Waals surface area contributed by atoms with Gasteiger partial charge in [0.05, 0.1) is 27.6 Å². The van der Waals surface area contributed by atoms with Crippen LogP contribution >= 0.6 is 11.3 Å². The van der Waals surface area contributed by atoms with Crippen LogP contribution in [0, 0.1) is 16.7 Å². The maximum absolute atomic E-state index is 10.3. The van der Waals surface area contributed by atoms with Crippen LogP contribution in [0.1, 0.15) is 11.1 Å². The Balaban J connectivity index is 1.65. The fraction of sp³-hybridized carbons (Fsp3) is 0. The van der Waals surface area contributed by atoms with E-state index in [2.05, 4.69) is 75.9 Å². The summed E-state index contributed by atoms with van der Waals surface area (Å²) in [6.07, 6.45) is 1.32. The Morgan fingerprint density at radius 2 is 0.971 bits per heavy atom. The highest BCUT2D eigenvalue weighted by molar-refractivity contribution is 7.17. The van der Waals surface area contributed by atoms with E-state index in [1.165, 1.54) is 6.21 Å². The van der Waals surface area contributed by atoms with Crippen molar-refractivity contribution in [1.29, 1.82) is 10.7 Å². The van der Waals surface area contributed by atoms with E-state index >= 15 is 0 Å². The molecule has 0 aliphatic heterocycles. The van der Waals surface area contributed by atoms with Crippen molar-refractivity contribution in [1.82, 2.24) is 9.13 Å². The molecule has 0 saturated carbocycles. The molecule has 0 saturated heterocycles. The molecule has 0 bridgehead atoms. The maximum atomic E-state index is 10.3. The average Bonchev–Trinajstić information content (AvgIpc) is 3.55. The van der Waals surface area contributed by atoms with Crippen LogP contribution in [0.25, 0.3) is 53.6 Å². The number of hydrogen-bond donors (Lipinski definition) is 1. The lowest BCUT2D eigenvalue weighted by atomic mass is 10.2. The zero-order chi connectivity index (χ0) is 23.5. The molecule has 0 aliphatic carbocycles. The van der Waals surface area contributed by atoms with Gasteiger partial charge in [0.25, 0.3) is 0 Å². The predicted octanol–water partition coefficient (Wildman–Crippen LogP) is 7.81. The van der Waals surface area contributed by atoms with E-state index in [-0.39, 0.29) is 0 Å². The molecule has 0 spiro atoms. The topological polar surface area (TPSA) is 57.5 Å². The minimum absolute atomic E-state index is 0.522. The molecule has 35 heavy (non-hydrogen) atoms. The van der Waals surface area contributed by atoms with Gasteiger partial charge in [-0.2, -0.15) is 5.26 Å². The van der Waals surface area contributed by atoms with Crippen LogP contribution < -0.4 is 0 Å². The van der Waals surface area contributed by atoms with Crippen molar-refractivity contribution in [3.05, 3.63) is 108 Å². The lowest BCUT2D eigenvalue weighted by Crippen LogP contribution is -1.97. The van der Waals surface area contributed by atoms with Gasteiger partial charge in [0.15, 0.2) is 0 Å². The van der Waals surface area contributed by atoms with E-state index in [1.54, 1.807) is 11.3 Å². The molecule has 1 N–H and O–H groups in total. The van der Waals surface area contributed by atoms with Gasteiger partial charge < -0.3 is 9.98 Å². The summed E-state index contributed by atoms with van der Waals surface area (Å²) in [6, 6.07) is 35.7. The number of hydrogen-bond acceptors (Lipinski definition) is 3. The SMILES string of the molecule is N#Cc1c(-n2c3ccccc3c3ccccc32)sc(-n2c3ccccc3c3ccccc32)c1C=N. The molecule has 0 aliphatic rings. The van der Waals surface area contributed by atoms with Crippen molar-refractivity contribution in [2.45, 2.75) is 0 Å². The van der Waals surface area contributed by atoms with Crippen LogP contribution in [-0.2, 0) is 0 Å². The van der Waals surface area contributed by atoms with Crippen molar-refractivity contribution < 1.29 is 0 Å². The van der Waals surface area contributed by atoms with Crippen molar-refractivity contribution in [2.24, 2.45) is 0 Å². The van der Waals surface area contributed by atoms with Crippen LogP contribution in [0.5, 0.6) is 0 Å². The summed E-state index contributed by atoms with van der Waals surface area (Å²) in [7, 11) is 0. The molecular formula is C30H18N4S. The number of nitrogens with one attached hydrogen (secondary N) is 1. The van der Waals surface area contributed by atoms with Gasteiger partial charge in [-0.3, -0.25) is 4.57 Å². The molecule has 5 heteroatoms. The third kappa shape index (κ3) is 2.63. The fourth-order valence-corrected chi connectivity index (χ4v) is 6.56. The minimum Gasteiger partial charge on any atom is -0.308 e. The van der Waals surface area contributed by atoms with Crippen LogP contribution in [-0.4, -0.2) is 15.3 Å². The number of nitriles is 1. The smallest absolute Gasteiger partial charge is 0.121 e. The maximum Gasteiger partial charge on any atom is 0.121 e. The quantitative estimate of drug-likeness (QED) is 0.265. The molecule has 3 aromatic heterocycles. The minimum atomic E-state index is 0.522. The van der Waals surface area contributed by atoms with Crippen LogP contribution in [0.3, 0.4) is 0 Å². The Morgan fingerprint density at radius 3 is 1.34 bits per heavy atom. The van der Waals surface area contributed by atoms with Crippen molar-refractivity contribution in [3.8, 4) is 16.1 Å². The van der Waals surface area contributed by atoms with Crippen LogP contribution in [0.15, 0.2) is 97.1 Å². The first-order chi connectivity index (χ1) is 17.3. The second-order valence-corrected chi connectivity index (χ2v) is 9.47. The van der Waals surface area contributed by atoms with E-state index in [4.69, 9.17) is 5.41 Å². The van der Waals surface area contributed by atoms with E-state index in [0.717, 1.165) is 53.6 Å². The van der Waals surface area contributed by atoms with Gasteiger partial charge in [-0.15, -0.1) is 0 Å². The number of para-hydroxylation sites is 4. The largest absolute Gasteiger partial charge is 0.308 e. The first kappa shape index (κ1) is 19.8. The number of benzene rings is 4. The molecule has 0 unspecified atom stereocenters. The molecule has 7 aromatic rings. The zero-order valence-electron chi connectivity index (χ0n) is 18.6. The molecule has 0 amide bonds. The Hall–Kier alpha value is -4.66. The normalized spacial score (nSPS) is 11.5. The average molecular weight is 467 g/mol. The molecule has 4 nitrogen and oxygen atoms in total. The highest BCUT2D eigenvalue weighted by atomic mass is 32.1. The Labute approximate surface area is 205 Å². The zero-order valence-corrected chi connectivity index (χ0v) is 19.4. The van der Waals surface area contributed by atoms with E-state index in [9.17, 15) is 5.26 Å². The molecule has 3 heterocycles. The Bertz CT molecular complexity index is 1890. The molecule has 4 aromatic carbocycles. The van der Waals surface area contributed by atoms with Crippen molar-refractivity contribution >= 4 is 61.2 Å². The summed E-state index contributed by atoms with van der Waals surface area (Å²) in [5.41, 5.74) is 5.40. The van der Waals surface area contributed by atoms with E-state index in [0.29, 0.717) is 11.1 Å². The lowest BCUT2D eigenvalue weighted by molar-refractivity contribution is 1.20. The first-order valence-electron chi connectivity index (χ1n) is 11.4. The number of aromatic nitrogens is 2.